The number of sulfone groups is 1. The number of aryl methyl sites for hydroxylation is 2. The number of halogens is 3. The number of benzene rings is 4. The molecular formula is C54H47ClF2N8O6S. The molecule has 0 saturated carbocycles. The molecule has 4 aromatic carbocycles. The number of aromatic nitrogens is 6. The molecule has 0 bridgehead atoms. The highest BCUT2D eigenvalue weighted by Crippen LogP contribution is 2.39. The normalized spacial score (nSPS) is 11.8. The van der Waals surface area contributed by atoms with Gasteiger partial charge in [0.1, 0.15) is 43.6 Å². The van der Waals surface area contributed by atoms with Crippen LogP contribution in [-0.4, -0.2) is 67.7 Å². The Bertz CT molecular complexity index is 3730. The van der Waals surface area contributed by atoms with Crippen molar-refractivity contribution in [3.63, 3.8) is 0 Å². The zero-order valence-electron chi connectivity index (χ0n) is 39.1. The van der Waals surface area contributed by atoms with Crippen molar-refractivity contribution in [1.82, 2.24) is 39.5 Å². The van der Waals surface area contributed by atoms with Gasteiger partial charge in [0.05, 0.1) is 23.7 Å². The van der Waals surface area contributed by atoms with Crippen molar-refractivity contribution in [1.29, 1.82) is 0 Å². The van der Waals surface area contributed by atoms with Crippen LogP contribution in [0, 0.1) is 11.6 Å². The van der Waals surface area contributed by atoms with Crippen LogP contribution in [0.4, 0.5) is 8.78 Å². The summed E-state index contributed by atoms with van der Waals surface area (Å²) in [4.78, 5) is 49.7. The third kappa shape index (κ3) is 10.8. The second-order valence-corrected chi connectivity index (χ2v) is 19.9. The van der Waals surface area contributed by atoms with E-state index >= 15 is 8.78 Å². The molecule has 0 aliphatic carbocycles. The molecule has 72 heavy (non-hydrogen) atoms. The van der Waals surface area contributed by atoms with E-state index in [1.54, 1.807) is 77.5 Å². The van der Waals surface area contributed by atoms with Gasteiger partial charge in [-0.1, -0.05) is 115 Å². The van der Waals surface area contributed by atoms with Gasteiger partial charge in [0.15, 0.2) is 5.82 Å². The Labute approximate surface area is 417 Å². The topological polar surface area (TPSA) is 186 Å². The van der Waals surface area contributed by atoms with Gasteiger partial charge in [0.2, 0.25) is 0 Å². The zero-order valence-corrected chi connectivity index (χ0v) is 40.7. The second kappa shape index (κ2) is 21.1. The number of amides is 2. The Balaban J connectivity index is 0.966. The fourth-order valence-corrected chi connectivity index (χ4v) is 9.58. The molecule has 0 fully saturated rings. The number of carbonyl (C=O) groups excluding carboxylic acids is 2. The van der Waals surface area contributed by atoms with Crippen LogP contribution in [0.3, 0.4) is 0 Å². The lowest BCUT2D eigenvalue weighted by atomic mass is 9.94. The quantitative estimate of drug-likeness (QED) is 0.0704. The number of fused-ring (bicyclic) bond motifs is 2. The van der Waals surface area contributed by atoms with E-state index in [1.807, 2.05) is 65.9 Å². The van der Waals surface area contributed by atoms with E-state index in [1.165, 1.54) is 6.07 Å². The molecule has 3 N–H and O–H groups in total. The maximum atomic E-state index is 16.3. The molecule has 0 unspecified atom stereocenters. The molecule has 5 aromatic heterocycles. The largest absolute Gasteiger partial charge is 0.438 e. The predicted octanol–water partition coefficient (Wildman–Crippen LogP) is 9.95. The molecule has 9 aromatic rings. The fraction of sp³-hybridized carbons (Fsp3) is 0.185. The molecule has 0 atom stereocenters. The van der Waals surface area contributed by atoms with E-state index < -0.39 is 27.3 Å². The summed E-state index contributed by atoms with van der Waals surface area (Å²) >= 11 is 6.88. The van der Waals surface area contributed by atoms with Crippen LogP contribution in [0.15, 0.2) is 137 Å². The number of nitrogens with one attached hydrogen (secondary N) is 3. The zero-order chi connectivity index (χ0) is 50.5. The summed E-state index contributed by atoms with van der Waals surface area (Å²) in [6, 6.07) is 31.5. The highest BCUT2D eigenvalue weighted by Gasteiger charge is 2.22. The lowest BCUT2D eigenvalue weighted by Gasteiger charge is -2.12. The first-order chi connectivity index (χ1) is 34.7. The number of pyridine rings is 2. The predicted molar refractivity (Wildman–Crippen MR) is 273 cm³/mol. The van der Waals surface area contributed by atoms with Crippen LogP contribution < -0.4 is 16.4 Å². The Hall–Kier alpha value is -8.02. The Morgan fingerprint density at radius 3 is 2.00 bits per heavy atom. The first-order valence-electron chi connectivity index (χ1n) is 23.2. The average Bonchev–Trinajstić information content (AvgIpc) is 4.06. The lowest BCUT2D eigenvalue weighted by molar-refractivity contribution is 0.0943. The minimum absolute atomic E-state index is 0.0388. The number of aromatic amines is 1. The van der Waals surface area contributed by atoms with Gasteiger partial charge in [-0.2, -0.15) is 0 Å². The van der Waals surface area contributed by atoms with E-state index in [4.69, 9.17) is 21.6 Å². The summed E-state index contributed by atoms with van der Waals surface area (Å²) in [6.07, 6.45) is 11.2. The first-order valence-corrected chi connectivity index (χ1v) is 25.6. The van der Waals surface area contributed by atoms with Crippen molar-refractivity contribution in [2.75, 3.05) is 18.6 Å². The Morgan fingerprint density at radius 2 is 1.36 bits per heavy atom. The molecule has 0 aliphatic rings. The molecule has 18 heteroatoms. The van der Waals surface area contributed by atoms with Crippen molar-refractivity contribution in [2.45, 2.75) is 45.6 Å². The standard InChI is InChI=1S/C54H47ClF2N8O6S/c1-3-11-33-18-20-39(43(56)28-33)37-13-5-7-15-41(37)49-45(64-25-22-36(30-47(64)61-49)53(67)59-32-46-60-54(68)71-63-46)17-9-4-12-34-19-21-40(44(57)29-34)38-14-6-8-16-42(38)50-51(55)65-26-23-35(31-48(65)62-50)52(66)58-24-10-27-72(2,69)70/h4-8,12-16,18-23,25-26,28-31H,3,9-11,17,24,27,32H2,1-2H3,(H,58,66)(H,59,67)(H,60,63,68)/b12-4+. The van der Waals surface area contributed by atoms with Crippen molar-refractivity contribution in [3.8, 4) is 44.8 Å². The van der Waals surface area contributed by atoms with Gasteiger partial charge in [-0.15, -0.1) is 0 Å². The molecule has 366 valence electrons. The van der Waals surface area contributed by atoms with Crippen LogP contribution in [-0.2, 0) is 29.2 Å². The number of nitrogens with zero attached hydrogens (tertiary/aromatic N) is 5. The highest BCUT2D eigenvalue weighted by molar-refractivity contribution is 7.90. The van der Waals surface area contributed by atoms with Crippen molar-refractivity contribution in [2.24, 2.45) is 0 Å². The number of hydrogen-bond donors (Lipinski definition) is 3. The van der Waals surface area contributed by atoms with E-state index in [9.17, 15) is 22.8 Å². The van der Waals surface area contributed by atoms with Crippen LogP contribution in [0.1, 0.15) is 69.5 Å². The van der Waals surface area contributed by atoms with Crippen LogP contribution in [0.25, 0.3) is 62.1 Å². The van der Waals surface area contributed by atoms with Crippen molar-refractivity contribution < 1.29 is 31.3 Å². The number of H-pyrrole nitrogens is 1. The van der Waals surface area contributed by atoms with E-state index in [-0.39, 0.29) is 48.0 Å². The first kappa shape index (κ1) is 49.0. The summed E-state index contributed by atoms with van der Waals surface area (Å²) in [6.45, 7) is 2.18. The minimum atomic E-state index is -3.15. The summed E-state index contributed by atoms with van der Waals surface area (Å²) < 4.78 is 63.1. The smallest absolute Gasteiger partial charge is 0.352 e. The van der Waals surface area contributed by atoms with Gasteiger partial charge in [-0.25, -0.2) is 32.0 Å². The monoisotopic (exact) mass is 1010 g/mol. The summed E-state index contributed by atoms with van der Waals surface area (Å²) in [5.41, 5.74) is 8.14. The van der Waals surface area contributed by atoms with Gasteiger partial charge in [0.25, 0.3) is 11.8 Å². The Kier molecular flexibility index (Phi) is 14.4. The number of hydrogen-bond acceptors (Lipinski definition) is 9. The van der Waals surface area contributed by atoms with Crippen molar-refractivity contribution in [3.05, 3.63) is 189 Å². The maximum absolute atomic E-state index is 16.3. The number of carbonyl (C=O) groups is 2. The third-order valence-corrected chi connectivity index (χ3v) is 13.5. The van der Waals surface area contributed by atoms with Gasteiger partial charge in [-0.05, 0) is 84.3 Å². The number of rotatable bonds is 18. The SMILES string of the molecule is CCCc1ccc(-c2ccccc2-c2nc3cc(C(=O)NCc4noc(=O)[nH]4)ccn3c2CC/C=C/c2ccc(-c3ccccc3-c3nc4cc(C(=O)NCCCS(C)(=O)=O)ccn4c3Cl)c(F)c2)c(F)c1. The fourth-order valence-electron chi connectivity index (χ4n) is 8.62. The lowest BCUT2D eigenvalue weighted by Crippen LogP contribution is -2.25. The van der Waals surface area contributed by atoms with Gasteiger partial charge in [-0.3, -0.25) is 23.5 Å². The minimum Gasteiger partial charge on any atom is -0.352 e. The second-order valence-electron chi connectivity index (χ2n) is 17.2. The summed E-state index contributed by atoms with van der Waals surface area (Å²) in [7, 11) is -3.15. The molecule has 0 radical (unpaired) electrons. The number of imidazole rings is 2. The van der Waals surface area contributed by atoms with Gasteiger partial charge < -0.3 is 15.0 Å². The molecule has 5 heterocycles. The van der Waals surface area contributed by atoms with E-state index in [2.05, 4.69) is 25.3 Å². The molecule has 0 saturated heterocycles. The maximum Gasteiger partial charge on any atom is 0.438 e. The number of allylic oxidation sites excluding steroid dienone is 1. The van der Waals surface area contributed by atoms with Crippen LogP contribution in [0.2, 0.25) is 5.15 Å². The molecule has 2 amide bonds. The summed E-state index contributed by atoms with van der Waals surface area (Å²) in [5, 5.41) is 9.33. The molecular weight excluding hydrogens is 962 g/mol. The van der Waals surface area contributed by atoms with Gasteiger partial charge >= 0.3 is 5.76 Å². The van der Waals surface area contributed by atoms with E-state index in [0.717, 1.165) is 30.4 Å². The molecule has 0 aliphatic heterocycles. The Morgan fingerprint density at radius 1 is 0.750 bits per heavy atom. The third-order valence-electron chi connectivity index (χ3n) is 12.1. The van der Waals surface area contributed by atoms with E-state index in [0.29, 0.717) is 85.6 Å². The molecule has 9 rings (SSSR count). The summed E-state index contributed by atoms with van der Waals surface area (Å²) in [5.74, 6) is -2.22. The average molecular weight is 1010 g/mol. The van der Waals surface area contributed by atoms with Crippen molar-refractivity contribution >= 4 is 50.6 Å². The molecule has 14 nitrogen and oxygen atoms in total. The molecule has 0 spiro atoms. The van der Waals surface area contributed by atoms with Gasteiger partial charge in [0, 0.05) is 58.6 Å². The van der Waals surface area contributed by atoms with Crippen LogP contribution >= 0.6 is 11.6 Å². The van der Waals surface area contributed by atoms with Crippen LogP contribution in [0.5, 0.6) is 0 Å². The highest BCUT2D eigenvalue weighted by atomic mass is 35.5.